The molecule has 2 saturated heterocycles. The highest BCUT2D eigenvalue weighted by atomic mass is 16.5. The Labute approximate surface area is 274 Å². The van der Waals surface area contributed by atoms with Gasteiger partial charge < -0.3 is 35.8 Å². The molecule has 6 rings (SSSR count). The number of carbonyl (C=O) groups excluding carboxylic acids is 2. The molecule has 3 aromatic carbocycles. The topological polar surface area (TPSA) is 137 Å². The normalized spacial score (nSPS) is 15.0. The molecule has 0 radical (unpaired) electrons. The molecule has 47 heavy (non-hydrogen) atoms. The van der Waals surface area contributed by atoms with E-state index in [0.717, 1.165) is 30.9 Å². The lowest BCUT2D eigenvalue weighted by atomic mass is 10.2. The van der Waals surface area contributed by atoms with Gasteiger partial charge in [-0.3, -0.25) is 4.79 Å². The summed E-state index contributed by atoms with van der Waals surface area (Å²) in [5.74, 6) is 1.41. The lowest BCUT2D eigenvalue weighted by Crippen LogP contribution is -2.37. The first kappa shape index (κ1) is 31.6. The molecule has 0 spiro atoms. The Hall–Kier alpha value is -5.33. The molecule has 242 valence electrons. The Kier molecular flexibility index (Phi) is 10.6. The highest BCUT2D eigenvalue weighted by molar-refractivity contribution is 6.00. The number of carbonyl (C=O) groups is 2. The fourth-order valence-corrected chi connectivity index (χ4v) is 5.35. The first-order valence-electron chi connectivity index (χ1n) is 15.9. The number of ether oxygens (including phenoxy) is 1. The maximum atomic E-state index is 12.7. The molecule has 12 heteroatoms. The summed E-state index contributed by atoms with van der Waals surface area (Å²) in [6.45, 7) is 6.33. The molecule has 2 aliphatic rings. The quantitative estimate of drug-likeness (QED) is 0.178. The fourth-order valence-electron chi connectivity index (χ4n) is 5.35. The smallest absolute Gasteiger partial charge is 0.323 e. The van der Waals surface area contributed by atoms with Crippen LogP contribution in [0, 0.1) is 0 Å². The number of benzene rings is 3. The summed E-state index contributed by atoms with van der Waals surface area (Å²) >= 11 is 0. The van der Waals surface area contributed by atoms with Gasteiger partial charge in [0.1, 0.15) is 0 Å². The Morgan fingerprint density at radius 3 is 2.11 bits per heavy atom. The van der Waals surface area contributed by atoms with E-state index in [1.807, 2.05) is 54.6 Å². The Bertz CT molecular complexity index is 1650. The molecule has 0 unspecified atom stereocenters. The average molecular weight is 634 g/mol. The van der Waals surface area contributed by atoms with Gasteiger partial charge in [-0.1, -0.05) is 36.4 Å². The molecule has 2 fully saturated rings. The highest BCUT2D eigenvalue weighted by Gasteiger charge is 2.17. The lowest BCUT2D eigenvalue weighted by Gasteiger charge is -2.27. The van der Waals surface area contributed by atoms with Crippen molar-refractivity contribution in [2.24, 2.45) is 0 Å². The van der Waals surface area contributed by atoms with Crippen molar-refractivity contribution in [1.82, 2.24) is 25.2 Å². The standard InChI is InChI=1S/C35H39N9O3/c45-32(36-18-21-43-19-4-5-20-43)27-9-11-29(12-10-27)38-35(46)39-30-15-13-28(14-16-30)37-33-40-31(17-8-26-6-2-1-3-7-26)41-34(42-33)44-22-24-47-25-23-44/h1-3,6-17H,4-5,18-25H2,(H,36,45)(H2,38,39,46)(H,37,40,41,42)/b17-8+. The first-order chi connectivity index (χ1) is 23.1. The van der Waals surface area contributed by atoms with Crippen molar-refractivity contribution in [3.05, 3.63) is 95.8 Å². The van der Waals surface area contributed by atoms with E-state index in [-0.39, 0.29) is 5.91 Å². The van der Waals surface area contributed by atoms with Gasteiger partial charge in [0.15, 0.2) is 5.82 Å². The second-order valence-corrected chi connectivity index (χ2v) is 11.3. The van der Waals surface area contributed by atoms with Gasteiger partial charge in [0.05, 0.1) is 13.2 Å². The molecule has 3 heterocycles. The van der Waals surface area contributed by atoms with Gasteiger partial charge in [0.2, 0.25) is 11.9 Å². The lowest BCUT2D eigenvalue weighted by molar-refractivity contribution is 0.0949. The van der Waals surface area contributed by atoms with E-state index in [4.69, 9.17) is 4.74 Å². The Balaban J connectivity index is 1.03. The molecule has 0 saturated carbocycles. The van der Waals surface area contributed by atoms with Crippen LogP contribution in [0.3, 0.4) is 0 Å². The molecule has 0 bridgehead atoms. The maximum Gasteiger partial charge on any atom is 0.323 e. The van der Waals surface area contributed by atoms with Crippen LogP contribution < -0.4 is 26.2 Å². The van der Waals surface area contributed by atoms with Crippen LogP contribution in [0.1, 0.15) is 34.6 Å². The minimum Gasteiger partial charge on any atom is -0.378 e. The monoisotopic (exact) mass is 633 g/mol. The molecule has 4 aromatic rings. The van der Waals surface area contributed by atoms with Gasteiger partial charge in [-0.05, 0) is 86.1 Å². The Morgan fingerprint density at radius 2 is 1.40 bits per heavy atom. The number of hydrogen-bond donors (Lipinski definition) is 4. The number of nitrogens with one attached hydrogen (secondary N) is 4. The molecule has 4 N–H and O–H groups in total. The third kappa shape index (κ3) is 9.35. The van der Waals surface area contributed by atoms with Crippen molar-refractivity contribution in [2.75, 3.05) is 73.3 Å². The molecular formula is C35H39N9O3. The van der Waals surface area contributed by atoms with Crippen molar-refractivity contribution < 1.29 is 14.3 Å². The number of hydrogen-bond acceptors (Lipinski definition) is 9. The van der Waals surface area contributed by atoms with Crippen molar-refractivity contribution in [3.8, 4) is 0 Å². The van der Waals surface area contributed by atoms with E-state index in [1.165, 1.54) is 12.8 Å². The molecule has 1 aromatic heterocycles. The van der Waals surface area contributed by atoms with Crippen molar-refractivity contribution in [2.45, 2.75) is 12.8 Å². The summed E-state index contributed by atoms with van der Waals surface area (Å²) < 4.78 is 5.50. The number of aromatic nitrogens is 3. The fraction of sp³-hybridized carbons (Fsp3) is 0.286. The van der Waals surface area contributed by atoms with Gasteiger partial charge in [-0.25, -0.2) is 4.79 Å². The summed E-state index contributed by atoms with van der Waals surface area (Å²) in [5, 5.41) is 11.9. The van der Waals surface area contributed by atoms with E-state index < -0.39 is 6.03 Å². The zero-order valence-electron chi connectivity index (χ0n) is 26.2. The van der Waals surface area contributed by atoms with Crippen molar-refractivity contribution in [1.29, 1.82) is 0 Å². The second kappa shape index (κ2) is 15.8. The van der Waals surface area contributed by atoms with E-state index >= 15 is 0 Å². The van der Waals surface area contributed by atoms with Crippen LogP contribution in [0.5, 0.6) is 0 Å². The van der Waals surface area contributed by atoms with Gasteiger partial charge in [0.25, 0.3) is 5.91 Å². The summed E-state index contributed by atoms with van der Waals surface area (Å²) in [5.41, 5.74) is 3.54. The first-order valence-corrected chi connectivity index (χ1v) is 15.9. The number of rotatable bonds is 11. The largest absolute Gasteiger partial charge is 0.378 e. The SMILES string of the molecule is O=C(Nc1ccc(Nc2nc(/C=C/c3ccccc3)nc(N3CCOCC3)n2)cc1)Nc1ccc(C(=O)NCCN2CCCC2)cc1. The number of likely N-dealkylation sites (tertiary alicyclic amines) is 1. The van der Waals surface area contributed by atoms with Crippen LogP contribution in [0.25, 0.3) is 12.2 Å². The van der Waals surface area contributed by atoms with Crippen LogP contribution in [0.4, 0.5) is 33.8 Å². The highest BCUT2D eigenvalue weighted by Crippen LogP contribution is 2.20. The summed E-state index contributed by atoms with van der Waals surface area (Å²) in [4.78, 5) is 43.5. The van der Waals surface area contributed by atoms with Gasteiger partial charge in [-0.15, -0.1) is 0 Å². The predicted molar refractivity (Wildman–Crippen MR) is 185 cm³/mol. The number of nitrogens with zero attached hydrogens (tertiary/aromatic N) is 5. The number of anilines is 5. The van der Waals surface area contributed by atoms with E-state index in [9.17, 15) is 9.59 Å². The third-order valence-corrected chi connectivity index (χ3v) is 7.88. The third-order valence-electron chi connectivity index (χ3n) is 7.88. The molecule has 3 amide bonds. The van der Waals surface area contributed by atoms with Crippen LogP contribution >= 0.6 is 0 Å². The Morgan fingerprint density at radius 1 is 0.745 bits per heavy atom. The van der Waals surface area contributed by atoms with Gasteiger partial charge >= 0.3 is 6.03 Å². The molecule has 0 aliphatic carbocycles. The van der Waals surface area contributed by atoms with E-state index in [1.54, 1.807) is 36.4 Å². The zero-order chi connectivity index (χ0) is 32.3. The van der Waals surface area contributed by atoms with Crippen LogP contribution in [0.2, 0.25) is 0 Å². The number of amides is 3. The van der Waals surface area contributed by atoms with Crippen LogP contribution in [0.15, 0.2) is 78.9 Å². The second-order valence-electron chi connectivity index (χ2n) is 11.3. The number of urea groups is 1. The van der Waals surface area contributed by atoms with Crippen LogP contribution in [-0.2, 0) is 4.74 Å². The summed E-state index contributed by atoms with van der Waals surface area (Å²) in [7, 11) is 0. The number of morpholine rings is 1. The van der Waals surface area contributed by atoms with Crippen molar-refractivity contribution in [3.63, 3.8) is 0 Å². The zero-order valence-corrected chi connectivity index (χ0v) is 26.2. The molecule has 12 nitrogen and oxygen atoms in total. The van der Waals surface area contributed by atoms with E-state index in [0.29, 0.717) is 67.5 Å². The molecular weight excluding hydrogens is 594 g/mol. The van der Waals surface area contributed by atoms with Crippen LogP contribution in [-0.4, -0.2) is 84.3 Å². The predicted octanol–water partition coefficient (Wildman–Crippen LogP) is 5.09. The molecule has 0 atom stereocenters. The van der Waals surface area contributed by atoms with E-state index in [2.05, 4.69) is 46.0 Å². The van der Waals surface area contributed by atoms with Gasteiger partial charge in [-0.2, -0.15) is 15.0 Å². The maximum absolute atomic E-state index is 12.7. The molecule has 2 aliphatic heterocycles. The minimum absolute atomic E-state index is 0.122. The minimum atomic E-state index is -0.393. The van der Waals surface area contributed by atoms with Gasteiger partial charge in [0, 0.05) is 48.8 Å². The van der Waals surface area contributed by atoms with Crippen molar-refractivity contribution >= 4 is 53.0 Å². The summed E-state index contributed by atoms with van der Waals surface area (Å²) in [6, 6.07) is 23.7. The summed E-state index contributed by atoms with van der Waals surface area (Å²) in [6.07, 6.45) is 6.30. The average Bonchev–Trinajstić information content (AvgIpc) is 3.63.